The average molecular weight is 284 g/mol. The molecule has 0 unspecified atom stereocenters. The Bertz CT molecular complexity index is 593. The van der Waals surface area contributed by atoms with Crippen LogP contribution in [0.15, 0.2) is 6.33 Å². The van der Waals surface area contributed by atoms with E-state index in [0.717, 1.165) is 5.52 Å². The fraction of sp³-hybridized carbons (Fsp3) is 0.583. The van der Waals surface area contributed by atoms with Gasteiger partial charge in [0.25, 0.3) is 0 Å². The van der Waals surface area contributed by atoms with Crippen LogP contribution in [0, 0.1) is 0 Å². The third kappa shape index (κ3) is 2.79. The normalized spacial score (nSPS) is 12.4. The number of imidazole rings is 1. The molecular weight excluding hydrogens is 266 g/mol. The molecule has 0 fully saturated rings. The number of nitrogens with one attached hydrogen (secondary N) is 1. The van der Waals surface area contributed by atoms with Gasteiger partial charge in [0.05, 0.1) is 18.5 Å². The molecule has 0 amide bonds. The van der Waals surface area contributed by atoms with Crippen molar-refractivity contribution in [1.82, 2.24) is 19.5 Å². The third-order valence-corrected chi connectivity index (χ3v) is 2.98. The van der Waals surface area contributed by atoms with Gasteiger partial charge in [0.2, 0.25) is 5.28 Å². The summed E-state index contributed by atoms with van der Waals surface area (Å²) in [5.41, 5.74) is 0.835. The van der Waals surface area contributed by atoms with E-state index in [0.29, 0.717) is 11.5 Å². The number of rotatable bonds is 4. The van der Waals surface area contributed by atoms with Crippen LogP contribution in [0.4, 0.5) is 5.82 Å². The fourth-order valence-corrected chi connectivity index (χ4v) is 1.92. The van der Waals surface area contributed by atoms with Crippen molar-refractivity contribution in [2.45, 2.75) is 39.3 Å². The maximum absolute atomic E-state index is 9.36. The van der Waals surface area contributed by atoms with Crippen molar-refractivity contribution >= 4 is 28.6 Å². The standard InChI is InChI=1S/C12H18ClN5O/c1-7(2)18-6-14-9-8(18)10(16-11(13)15-9)17-12(3,4)5-19/h6-7,19H,5H2,1-4H3,(H,15,16,17). The van der Waals surface area contributed by atoms with Crippen LogP contribution in [0.3, 0.4) is 0 Å². The predicted octanol–water partition coefficient (Wildman–Crippen LogP) is 2.24. The van der Waals surface area contributed by atoms with E-state index in [1.54, 1.807) is 6.33 Å². The second-order valence-electron chi connectivity index (χ2n) is 5.43. The third-order valence-electron chi connectivity index (χ3n) is 2.81. The van der Waals surface area contributed by atoms with E-state index in [1.807, 2.05) is 18.4 Å². The summed E-state index contributed by atoms with van der Waals surface area (Å²) in [7, 11) is 0. The molecule has 0 spiro atoms. The summed E-state index contributed by atoms with van der Waals surface area (Å²) in [5, 5.41) is 12.7. The van der Waals surface area contributed by atoms with Crippen LogP contribution in [0.5, 0.6) is 0 Å². The molecule has 2 rings (SSSR count). The summed E-state index contributed by atoms with van der Waals surface area (Å²) in [4.78, 5) is 12.6. The van der Waals surface area contributed by atoms with Crippen molar-refractivity contribution in [3.8, 4) is 0 Å². The highest BCUT2D eigenvalue weighted by atomic mass is 35.5. The number of hydrogen-bond donors (Lipinski definition) is 2. The van der Waals surface area contributed by atoms with Crippen molar-refractivity contribution < 1.29 is 5.11 Å². The van der Waals surface area contributed by atoms with Gasteiger partial charge in [0.1, 0.15) is 5.52 Å². The highest BCUT2D eigenvalue weighted by Crippen LogP contribution is 2.26. The Morgan fingerprint density at radius 2 is 2.11 bits per heavy atom. The molecule has 0 radical (unpaired) electrons. The number of aromatic nitrogens is 4. The first-order valence-corrected chi connectivity index (χ1v) is 6.51. The summed E-state index contributed by atoms with van der Waals surface area (Å²) in [6.07, 6.45) is 1.72. The average Bonchev–Trinajstić information content (AvgIpc) is 2.72. The number of aliphatic hydroxyl groups is 1. The van der Waals surface area contributed by atoms with Crippen molar-refractivity contribution in [2.24, 2.45) is 0 Å². The molecule has 2 heterocycles. The van der Waals surface area contributed by atoms with Crippen LogP contribution in [-0.4, -0.2) is 36.8 Å². The highest BCUT2D eigenvalue weighted by molar-refractivity contribution is 6.28. The van der Waals surface area contributed by atoms with Crippen LogP contribution in [0.1, 0.15) is 33.7 Å². The van der Waals surface area contributed by atoms with Gasteiger partial charge >= 0.3 is 0 Å². The maximum Gasteiger partial charge on any atom is 0.226 e. The molecule has 0 aliphatic carbocycles. The molecule has 19 heavy (non-hydrogen) atoms. The van der Waals surface area contributed by atoms with Crippen LogP contribution >= 0.6 is 11.6 Å². The van der Waals surface area contributed by atoms with Crippen molar-refractivity contribution in [1.29, 1.82) is 0 Å². The molecule has 2 aromatic rings. The Labute approximate surface area is 116 Å². The van der Waals surface area contributed by atoms with E-state index >= 15 is 0 Å². The molecule has 2 N–H and O–H groups in total. The Balaban J connectivity index is 2.60. The van der Waals surface area contributed by atoms with Crippen LogP contribution in [0.2, 0.25) is 5.28 Å². The quantitative estimate of drug-likeness (QED) is 0.842. The van der Waals surface area contributed by atoms with E-state index < -0.39 is 5.54 Å². The Morgan fingerprint density at radius 3 is 2.68 bits per heavy atom. The van der Waals surface area contributed by atoms with E-state index in [9.17, 15) is 5.11 Å². The Morgan fingerprint density at radius 1 is 1.42 bits per heavy atom. The van der Waals surface area contributed by atoms with Crippen molar-refractivity contribution in [3.63, 3.8) is 0 Å². The fourth-order valence-electron chi connectivity index (χ4n) is 1.76. The minimum Gasteiger partial charge on any atom is -0.394 e. The summed E-state index contributed by atoms with van der Waals surface area (Å²) >= 11 is 5.91. The number of aliphatic hydroxyl groups excluding tert-OH is 1. The molecule has 0 aromatic carbocycles. The lowest BCUT2D eigenvalue weighted by molar-refractivity contribution is 0.234. The topological polar surface area (TPSA) is 75.9 Å². The smallest absolute Gasteiger partial charge is 0.226 e. The number of hydrogen-bond acceptors (Lipinski definition) is 5. The molecule has 0 bridgehead atoms. The number of fused-ring (bicyclic) bond motifs is 1. The van der Waals surface area contributed by atoms with E-state index in [2.05, 4.69) is 34.1 Å². The molecule has 2 aromatic heterocycles. The molecule has 104 valence electrons. The van der Waals surface area contributed by atoms with Crippen molar-refractivity contribution in [3.05, 3.63) is 11.6 Å². The van der Waals surface area contributed by atoms with Gasteiger partial charge in [-0.25, -0.2) is 4.98 Å². The van der Waals surface area contributed by atoms with Gasteiger partial charge in [-0.1, -0.05) is 0 Å². The number of nitrogens with zero attached hydrogens (tertiary/aromatic N) is 4. The minimum atomic E-state index is -0.503. The summed E-state index contributed by atoms with van der Waals surface area (Å²) < 4.78 is 1.97. The molecule has 0 saturated carbocycles. The number of anilines is 1. The zero-order valence-corrected chi connectivity index (χ0v) is 12.2. The summed E-state index contributed by atoms with van der Waals surface area (Å²) in [5.74, 6) is 0.584. The maximum atomic E-state index is 9.36. The van der Waals surface area contributed by atoms with E-state index in [4.69, 9.17) is 11.6 Å². The second kappa shape index (κ2) is 4.94. The SMILES string of the molecule is CC(C)n1cnc2nc(Cl)nc(NC(C)(C)CO)c21. The van der Waals surface area contributed by atoms with E-state index in [-0.39, 0.29) is 17.9 Å². The van der Waals surface area contributed by atoms with Crippen molar-refractivity contribution in [2.75, 3.05) is 11.9 Å². The molecule has 0 aliphatic heterocycles. The lowest BCUT2D eigenvalue weighted by Crippen LogP contribution is -2.35. The first-order valence-electron chi connectivity index (χ1n) is 6.13. The molecule has 0 saturated heterocycles. The van der Waals surface area contributed by atoms with Crippen LogP contribution in [0.25, 0.3) is 11.2 Å². The van der Waals surface area contributed by atoms with Gasteiger partial charge in [-0.2, -0.15) is 9.97 Å². The second-order valence-corrected chi connectivity index (χ2v) is 5.76. The number of halogens is 1. The summed E-state index contributed by atoms with van der Waals surface area (Å²) in [6, 6.07) is 0.229. The highest BCUT2D eigenvalue weighted by Gasteiger charge is 2.21. The largest absolute Gasteiger partial charge is 0.394 e. The lowest BCUT2D eigenvalue weighted by atomic mass is 10.1. The molecular formula is C12H18ClN5O. The summed E-state index contributed by atoms with van der Waals surface area (Å²) in [6.45, 7) is 7.84. The first kappa shape index (κ1) is 14.0. The first-order chi connectivity index (χ1) is 8.84. The molecule has 0 atom stereocenters. The van der Waals surface area contributed by atoms with Gasteiger partial charge in [-0.05, 0) is 39.3 Å². The minimum absolute atomic E-state index is 0.0219. The van der Waals surface area contributed by atoms with Gasteiger partial charge in [-0.3, -0.25) is 0 Å². The van der Waals surface area contributed by atoms with Gasteiger partial charge in [0, 0.05) is 6.04 Å². The Hall–Kier alpha value is -1.40. The van der Waals surface area contributed by atoms with Gasteiger partial charge in [0.15, 0.2) is 11.5 Å². The monoisotopic (exact) mass is 283 g/mol. The van der Waals surface area contributed by atoms with Gasteiger partial charge < -0.3 is 15.0 Å². The molecule has 0 aliphatic rings. The zero-order chi connectivity index (χ0) is 14.2. The van der Waals surface area contributed by atoms with E-state index in [1.165, 1.54) is 0 Å². The zero-order valence-electron chi connectivity index (χ0n) is 11.5. The predicted molar refractivity (Wildman–Crippen MR) is 75.5 cm³/mol. The van der Waals surface area contributed by atoms with Crippen LogP contribution < -0.4 is 5.32 Å². The van der Waals surface area contributed by atoms with Gasteiger partial charge in [-0.15, -0.1) is 0 Å². The molecule has 7 heteroatoms. The Kier molecular flexibility index (Phi) is 3.64. The van der Waals surface area contributed by atoms with Crippen LogP contribution in [-0.2, 0) is 0 Å². The molecule has 6 nitrogen and oxygen atoms in total. The lowest BCUT2D eigenvalue weighted by Gasteiger charge is -2.25.